The van der Waals surface area contributed by atoms with Crippen molar-refractivity contribution < 1.29 is 23.4 Å². The fraction of sp³-hybridized carbons (Fsp3) is 0.250. The van der Waals surface area contributed by atoms with Crippen LogP contribution in [-0.2, 0) is 11.3 Å². The molecule has 0 saturated carbocycles. The van der Waals surface area contributed by atoms with Gasteiger partial charge in [-0.15, -0.1) is 11.3 Å². The number of aromatic carboxylic acids is 1. The summed E-state index contributed by atoms with van der Waals surface area (Å²) < 4.78 is 29.6. The van der Waals surface area contributed by atoms with Gasteiger partial charge in [-0.05, 0) is 11.5 Å². The SMILES string of the molecule is O=C(O)c1sc2ccccc2c1COCC(F)F. The van der Waals surface area contributed by atoms with Gasteiger partial charge < -0.3 is 9.84 Å². The van der Waals surface area contributed by atoms with Gasteiger partial charge in [0.25, 0.3) is 6.43 Å². The molecule has 0 unspecified atom stereocenters. The minimum absolute atomic E-state index is 0.115. The quantitative estimate of drug-likeness (QED) is 0.907. The van der Waals surface area contributed by atoms with Crippen LogP contribution < -0.4 is 0 Å². The van der Waals surface area contributed by atoms with Gasteiger partial charge in [0.2, 0.25) is 0 Å². The Hall–Kier alpha value is -1.53. The molecule has 18 heavy (non-hydrogen) atoms. The number of ether oxygens (including phenoxy) is 1. The van der Waals surface area contributed by atoms with E-state index in [0.717, 1.165) is 21.4 Å². The summed E-state index contributed by atoms with van der Waals surface area (Å²) in [6.07, 6.45) is -2.55. The third-order valence-electron chi connectivity index (χ3n) is 2.38. The Labute approximate surface area is 106 Å². The zero-order valence-electron chi connectivity index (χ0n) is 9.23. The number of fused-ring (bicyclic) bond motifs is 1. The summed E-state index contributed by atoms with van der Waals surface area (Å²) in [7, 11) is 0. The Balaban J connectivity index is 2.33. The predicted octanol–water partition coefficient (Wildman–Crippen LogP) is 3.38. The summed E-state index contributed by atoms with van der Waals surface area (Å²) in [4.78, 5) is 11.2. The topological polar surface area (TPSA) is 46.5 Å². The van der Waals surface area contributed by atoms with Gasteiger partial charge in [0.1, 0.15) is 11.5 Å². The smallest absolute Gasteiger partial charge is 0.346 e. The molecule has 3 nitrogen and oxygen atoms in total. The molecule has 0 saturated heterocycles. The highest BCUT2D eigenvalue weighted by molar-refractivity contribution is 7.21. The number of carboxylic acid groups (broad SMARTS) is 1. The molecule has 0 aliphatic heterocycles. The van der Waals surface area contributed by atoms with Crippen LogP contribution in [0.2, 0.25) is 0 Å². The third kappa shape index (κ3) is 2.65. The lowest BCUT2D eigenvalue weighted by atomic mass is 10.1. The van der Waals surface area contributed by atoms with Crippen molar-refractivity contribution in [2.24, 2.45) is 0 Å². The lowest BCUT2D eigenvalue weighted by Gasteiger charge is -2.04. The van der Waals surface area contributed by atoms with Crippen molar-refractivity contribution in [3.63, 3.8) is 0 Å². The van der Waals surface area contributed by atoms with Crippen LogP contribution in [0, 0.1) is 0 Å². The molecule has 0 amide bonds. The number of benzene rings is 1. The average Bonchev–Trinajstić information content (AvgIpc) is 2.68. The van der Waals surface area contributed by atoms with Gasteiger partial charge in [-0.2, -0.15) is 0 Å². The number of carbonyl (C=O) groups is 1. The van der Waals surface area contributed by atoms with Gasteiger partial charge >= 0.3 is 5.97 Å². The Morgan fingerprint density at radius 3 is 2.78 bits per heavy atom. The number of hydrogen-bond donors (Lipinski definition) is 1. The van der Waals surface area contributed by atoms with Crippen molar-refractivity contribution in [1.82, 2.24) is 0 Å². The van der Waals surface area contributed by atoms with Gasteiger partial charge in [0, 0.05) is 10.3 Å². The van der Waals surface area contributed by atoms with E-state index in [1.165, 1.54) is 0 Å². The van der Waals surface area contributed by atoms with Crippen LogP contribution >= 0.6 is 11.3 Å². The van der Waals surface area contributed by atoms with Crippen LogP contribution in [0.5, 0.6) is 0 Å². The number of halogens is 2. The molecule has 1 aromatic carbocycles. The van der Waals surface area contributed by atoms with Crippen molar-refractivity contribution in [3.8, 4) is 0 Å². The molecule has 96 valence electrons. The van der Waals surface area contributed by atoms with E-state index in [1.54, 1.807) is 24.3 Å². The van der Waals surface area contributed by atoms with Crippen molar-refractivity contribution in [1.29, 1.82) is 0 Å². The lowest BCUT2D eigenvalue weighted by molar-refractivity contribution is 0.0100. The predicted molar refractivity (Wildman–Crippen MR) is 64.4 cm³/mol. The summed E-state index contributed by atoms with van der Waals surface area (Å²) in [5.41, 5.74) is 0.462. The first-order chi connectivity index (χ1) is 8.59. The van der Waals surface area contributed by atoms with Crippen molar-refractivity contribution in [3.05, 3.63) is 34.7 Å². The van der Waals surface area contributed by atoms with E-state index in [1.807, 2.05) is 0 Å². The summed E-state index contributed by atoms with van der Waals surface area (Å²) >= 11 is 1.12. The fourth-order valence-corrected chi connectivity index (χ4v) is 2.71. The normalized spacial score (nSPS) is 11.3. The molecular formula is C12H10F2O3S. The highest BCUT2D eigenvalue weighted by atomic mass is 32.1. The largest absolute Gasteiger partial charge is 0.477 e. The van der Waals surface area contributed by atoms with E-state index in [0.29, 0.717) is 5.56 Å². The Morgan fingerprint density at radius 2 is 2.11 bits per heavy atom. The summed E-state index contributed by atoms with van der Waals surface area (Å²) in [5, 5.41) is 9.83. The molecular weight excluding hydrogens is 262 g/mol. The van der Waals surface area contributed by atoms with Gasteiger partial charge in [0.15, 0.2) is 0 Å². The second-order valence-corrected chi connectivity index (χ2v) is 4.67. The number of carboxylic acids is 1. The number of rotatable bonds is 5. The molecule has 0 bridgehead atoms. The maximum atomic E-state index is 12.0. The summed E-state index contributed by atoms with van der Waals surface area (Å²) in [6.45, 7) is -0.806. The van der Waals surface area contributed by atoms with Crippen molar-refractivity contribution >= 4 is 27.4 Å². The monoisotopic (exact) mass is 272 g/mol. The highest BCUT2D eigenvalue weighted by Gasteiger charge is 2.17. The zero-order valence-corrected chi connectivity index (χ0v) is 10.0. The Kier molecular flexibility index (Phi) is 3.88. The van der Waals surface area contributed by atoms with Gasteiger partial charge in [-0.3, -0.25) is 0 Å². The molecule has 2 rings (SSSR count). The van der Waals surface area contributed by atoms with Crippen molar-refractivity contribution in [2.45, 2.75) is 13.0 Å². The Morgan fingerprint density at radius 1 is 1.39 bits per heavy atom. The van der Waals surface area contributed by atoms with Crippen LogP contribution in [0.3, 0.4) is 0 Å². The minimum Gasteiger partial charge on any atom is -0.477 e. The van der Waals surface area contributed by atoms with Crippen LogP contribution in [-0.4, -0.2) is 24.1 Å². The van der Waals surface area contributed by atoms with E-state index in [9.17, 15) is 13.6 Å². The average molecular weight is 272 g/mol. The molecule has 6 heteroatoms. The minimum atomic E-state index is -2.55. The van der Waals surface area contributed by atoms with Crippen LogP contribution in [0.1, 0.15) is 15.2 Å². The Bertz CT molecular complexity index is 565. The number of thiophene rings is 1. The number of alkyl halides is 2. The lowest BCUT2D eigenvalue weighted by Crippen LogP contribution is -2.06. The fourth-order valence-electron chi connectivity index (χ4n) is 1.66. The maximum Gasteiger partial charge on any atom is 0.346 e. The van der Waals surface area contributed by atoms with Gasteiger partial charge in [-0.25, -0.2) is 13.6 Å². The van der Waals surface area contributed by atoms with E-state index in [4.69, 9.17) is 9.84 Å². The molecule has 0 aliphatic rings. The summed E-state index contributed by atoms with van der Waals surface area (Å²) in [5.74, 6) is -1.06. The molecule has 0 aliphatic carbocycles. The molecule has 2 aromatic rings. The molecule has 0 radical (unpaired) electrons. The van der Waals surface area contributed by atoms with E-state index in [-0.39, 0.29) is 11.5 Å². The summed E-state index contributed by atoms with van der Waals surface area (Å²) in [6, 6.07) is 7.13. The molecule has 0 atom stereocenters. The highest BCUT2D eigenvalue weighted by Crippen LogP contribution is 2.31. The standard InChI is InChI=1S/C12H10F2O3S/c13-10(14)6-17-5-8-7-3-1-2-4-9(7)18-11(8)12(15)16/h1-4,10H,5-6H2,(H,15,16). The van der Waals surface area contributed by atoms with Crippen LogP contribution in [0.15, 0.2) is 24.3 Å². The number of hydrogen-bond acceptors (Lipinski definition) is 3. The van der Waals surface area contributed by atoms with Gasteiger partial charge in [-0.1, -0.05) is 18.2 Å². The second-order valence-electron chi connectivity index (χ2n) is 3.62. The van der Waals surface area contributed by atoms with Crippen LogP contribution in [0.25, 0.3) is 10.1 Å². The molecule has 0 spiro atoms. The van der Waals surface area contributed by atoms with Crippen molar-refractivity contribution in [2.75, 3.05) is 6.61 Å². The first kappa shape index (κ1) is 12.9. The van der Waals surface area contributed by atoms with E-state index >= 15 is 0 Å². The molecule has 1 heterocycles. The van der Waals surface area contributed by atoms with E-state index in [2.05, 4.69) is 0 Å². The molecule has 0 fully saturated rings. The van der Waals surface area contributed by atoms with E-state index < -0.39 is 19.0 Å². The molecule has 1 aromatic heterocycles. The van der Waals surface area contributed by atoms with Crippen LogP contribution in [0.4, 0.5) is 8.78 Å². The zero-order chi connectivity index (χ0) is 13.1. The maximum absolute atomic E-state index is 12.0. The van der Waals surface area contributed by atoms with Gasteiger partial charge in [0.05, 0.1) is 6.61 Å². The first-order valence-electron chi connectivity index (χ1n) is 5.19. The second kappa shape index (κ2) is 5.41. The third-order valence-corrected chi connectivity index (χ3v) is 3.58. The molecule has 1 N–H and O–H groups in total. The first-order valence-corrected chi connectivity index (χ1v) is 6.01.